The number of amides is 3. The minimum Gasteiger partial charge on any atom is -0.368 e. The summed E-state index contributed by atoms with van der Waals surface area (Å²) in [7, 11) is 0. The molecule has 84 valence electrons. The molecule has 1 aromatic rings. The van der Waals surface area contributed by atoms with E-state index >= 15 is 0 Å². The Morgan fingerprint density at radius 1 is 1.50 bits per heavy atom. The number of nitrogens with zero attached hydrogens (tertiary/aromatic N) is 1. The zero-order valence-corrected chi connectivity index (χ0v) is 8.93. The molecule has 1 atom stereocenters. The van der Waals surface area contributed by atoms with E-state index in [2.05, 4.69) is 5.32 Å². The lowest BCUT2D eigenvalue weighted by Gasteiger charge is -2.34. The molecule has 1 aromatic carbocycles. The van der Waals surface area contributed by atoms with Crippen molar-refractivity contribution in [3.63, 3.8) is 0 Å². The molecule has 5 heteroatoms. The number of rotatable bonds is 2. The first kappa shape index (κ1) is 10.5. The first-order valence-electron chi connectivity index (χ1n) is 5.04. The molecule has 3 N–H and O–H groups in total. The molecule has 0 fully saturated rings. The number of nitrogens with two attached hydrogens (primary N) is 1. The first-order chi connectivity index (χ1) is 7.59. The van der Waals surface area contributed by atoms with Gasteiger partial charge in [-0.25, -0.2) is 4.79 Å². The summed E-state index contributed by atoms with van der Waals surface area (Å²) in [6.07, 6.45) is 0. The van der Waals surface area contributed by atoms with Crippen LogP contribution in [0, 0.1) is 0 Å². The number of benzene rings is 1. The van der Waals surface area contributed by atoms with Crippen molar-refractivity contribution >= 4 is 17.6 Å². The monoisotopic (exact) mass is 219 g/mol. The number of nitrogens with one attached hydrogen (secondary N) is 1. The van der Waals surface area contributed by atoms with Gasteiger partial charge in [0.15, 0.2) is 0 Å². The Bertz CT molecular complexity index is 445. The van der Waals surface area contributed by atoms with Gasteiger partial charge < -0.3 is 16.0 Å². The summed E-state index contributed by atoms with van der Waals surface area (Å²) in [5.74, 6) is -0.513. The molecule has 1 aliphatic heterocycles. The second kappa shape index (κ2) is 3.84. The minimum atomic E-state index is -0.513. The lowest BCUT2D eigenvalue weighted by Crippen LogP contribution is -2.45. The molecule has 1 aliphatic rings. The first-order valence-corrected chi connectivity index (χ1v) is 5.04. The Balaban J connectivity index is 2.34. The third kappa shape index (κ3) is 1.71. The maximum absolute atomic E-state index is 11.7. The average Bonchev–Trinajstić information content (AvgIpc) is 2.24. The van der Waals surface area contributed by atoms with E-state index in [0.717, 1.165) is 11.3 Å². The van der Waals surface area contributed by atoms with Gasteiger partial charge in [0.2, 0.25) is 5.91 Å². The van der Waals surface area contributed by atoms with Gasteiger partial charge in [-0.3, -0.25) is 4.79 Å². The van der Waals surface area contributed by atoms with Crippen LogP contribution in [0.15, 0.2) is 24.3 Å². The topological polar surface area (TPSA) is 75.4 Å². The van der Waals surface area contributed by atoms with Crippen LogP contribution in [0.5, 0.6) is 0 Å². The fourth-order valence-electron chi connectivity index (χ4n) is 1.88. The molecule has 3 amide bonds. The fraction of sp³-hybridized carbons (Fsp3) is 0.273. The molecule has 1 unspecified atom stereocenters. The quantitative estimate of drug-likeness (QED) is 0.781. The van der Waals surface area contributed by atoms with E-state index in [4.69, 9.17) is 5.73 Å². The number of carbonyl (C=O) groups is 2. The summed E-state index contributed by atoms with van der Waals surface area (Å²) in [5.41, 5.74) is 6.89. The normalized spacial score (nSPS) is 18.9. The van der Waals surface area contributed by atoms with E-state index < -0.39 is 5.91 Å². The van der Waals surface area contributed by atoms with Crippen LogP contribution in [0.3, 0.4) is 0 Å². The molecule has 0 aliphatic carbocycles. The van der Waals surface area contributed by atoms with Crippen molar-refractivity contribution in [3.05, 3.63) is 29.8 Å². The van der Waals surface area contributed by atoms with Crippen LogP contribution < -0.4 is 11.1 Å². The van der Waals surface area contributed by atoms with E-state index in [9.17, 15) is 9.59 Å². The van der Waals surface area contributed by atoms with Crippen LogP contribution in [0.25, 0.3) is 0 Å². The van der Waals surface area contributed by atoms with Crippen LogP contribution in [0.2, 0.25) is 0 Å². The SMILES string of the molecule is CC1c2ccccc2NC(=O)N1CC(N)=O. The number of para-hydroxylation sites is 1. The predicted octanol–water partition coefficient (Wildman–Crippen LogP) is 1.08. The van der Waals surface area contributed by atoms with Crippen molar-refractivity contribution in [1.29, 1.82) is 0 Å². The van der Waals surface area contributed by atoms with Gasteiger partial charge in [0.05, 0.1) is 6.04 Å². The molecule has 5 nitrogen and oxygen atoms in total. The Hall–Kier alpha value is -2.04. The number of hydrogen-bond acceptors (Lipinski definition) is 2. The molecule has 0 aromatic heterocycles. The average molecular weight is 219 g/mol. The third-order valence-corrected chi connectivity index (χ3v) is 2.71. The van der Waals surface area contributed by atoms with Crippen molar-refractivity contribution in [2.24, 2.45) is 5.73 Å². The van der Waals surface area contributed by atoms with Gasteiger partial charge in [-0.2, -0.15) is 0 Å². The van der Waals surface area contributed by atoms with Crippen LogP contribution >= 0.6 is 0 Å². The number of fused-ring (bicyclic) bond motifs is 1. The molecule has 0 bridgehead atoms. The lowest BCUT2D eigenvalue weighted by molar-refractivity contribution is -0.118. The second-order valence-corrected chi connectivity index (χ2v) is 3.79. The Kier molecular flexibility index (Phi) is 2.52. The summed E-state index contributed by atoms with van der Waals surface area (Å²) >= 11 is 0. The van der Waals surface area contributed by atoms with Gasteiger partial charge in [-0.05, 0) is 18.6 Å². The standard InChI is InChI=1S/C11H13N3O2/c1-7-8-4-2-3-5-9(8)13-11(16)14(7)6-10(12)15/h2-5,7H,6H2,1H3,(H2,12,15)(H,13,16). The smallest absolute Gasteiger partial charge is 0.322 e. The molecule has 0 spiro atoms. The maximum Gasteiger partial charge on any atom is 0.322 e. The third-order valence-electron chi connectivity index (χ3n) is 2.71. The molecular formula is C11H13N3O2. The Labute approximate surface area is 93.2 Å². The molecule has 0 saturated heterocycles. The summed E-state index contributed by atoms with van der Waals surface area (Å²) in [4.78, 5) is 24.0. The van der Waals surface area contributed by atoms with Crippen LogP contribution in [-0.4, -0.2) is 23.4 Å². The van der Waals surface area contributed by atoms with E-state index in [-0.39, 0.29) is 18.6 Å². The highest BCUT2D eigenvalue weighted by molar-refractivity contribution is 5.95. The summed E-state index contributed by atoms with van der Waals surface area (Å²) in [6.45, 7) is 1.81. The highest BCUT2D eigenvalue weighted by Crippen LogP contribution is 2.31. The summed E-state index contributed by atoms with van der Waals surface area (Å²) < 4.78 is 0. The van der Waals surface area contributed by atoms with Gasteiger partial charge in [-0.15, -0.1) is 0 Å². The van der Waals surface area contributed by atoms with Crippen LogP contribution in [0.4, 0.5) is 10.5 Å². The molecule has 1 heterocycles. The van der Waals surface area contributed by atoms with Crippen LogP contribution in [0.1, 0.15) is 18.5 Å². The van der Waals surface area contributed by atoms with Gasteiger partial charge in [0.1, 0.15) is 6.54 Å². The van der Waals surface area contributed by atoms with Crippen molar-refractivity contribution in [2.45, 2.75) is 13.0 Å². The fourth-order valence-corrected chi connectivity index (χ4v) is 1.88. The Morgan fingerprint density at radius 3 is 2.88 bits per heavy atom. The zero-order chi connectivity index (χ0) is 11.7. The number of anilines is 1. The second-order valence-electron chi connectivity index (χ2n) is 3.79. The van der Waals surface area contributed by atoms with Crippen molar-refractivity contribution < 1.29 is 9.59 Å². The summed E-state index contributed by atoms with van der Waals surface area (Å²) in [5, 5.41) is 2.72. The minimum absolute atomic E-state index is 0.0681. The predicted molar refractivity (Wildman–Crippen MR) is 59.8 cm³/mol. The van der Waals surface area contributed by atoms with Crippen molar-refractivity contribution in [2.75, 3.05) is 11.9 Å². The van der Waals surface area contributed by atoms with E-state index in [1.165, 1.54) is 4.90 Å². The number of hydrogen-bond donors (Lipinski definition) is 2. The van der Waals surface area contributed by atoms with E-state index in [1.54, 1.807) is 0 Å². The van der Waals surface area contributed by atoms with E-state index in [1.807, 2.05) is 31.2 Å². The van der Waals surface area contributed by atoms with Crippen molar-refractivity contribution in [3.8, 4) is 0 Å². The van der Waals surface area contributed by atoms with Gasteiger partial charge in [0.25, 0.3) is 0 Å². The van der Waals surface area contributed by atoms with Gasteiger partial charge >= 0.3 is 6.03 Å². The van der Waals surface area contributed by atoms with Gasteiger partial charge in [-0.1, -0.05) is 18.2 Å². The van der Waals surface area contributed by atoms with Crippen molar-refractivity contribution in [1.82, 2.24) is 4.90 Å². The molecule has 0 saturated carbocycles. The number of carbonyl (C=O) groups excluding carboxylic acids is 2. The molecule has 2 rings (SSSR count). The maximum atomic E-state index is 11.7. The van der Waals surface area contributed by atoms with E-state index in [0.29, 0.717) is 0 Å². The molecule has 16 heavy (non-hydrogen) atoms. The molecular weight excluding hydrogens is 206 g/mol. The number of urea groups is 1. The highest BCUT2D eigenvalue weighted by Gasteiger charge is 2.29. The highest BCUT2D eigenvalue weighted by atomic mass is 16.2. The zero-order valence-electron chi connectivity index (χ0n) is 8.93. The molecule has 0 radical (unpaired) electrons. The Morgan fingerprint density at radius 2 is 2.19 bits per heavy atom. The van der Waals surface area contributed by atoms with Crippen LogP contribution in [-0.2, 0) is 4.79 Å². The summed E-state index contributed by atoms with van der Waals surface area (Å²) in [6, 6.07) is 7.09. The largest absolute Gasteiger partial charge is 0.368 e. The number of primary amides is 1. The lowest BCUT2D eigenvalue weighted by atomic mass is 10.0. The van der Waals surface area contributed by atoms with Gasteiger partial charge in [0, 0.05) is 5.69 Å².